The summed E-state index contributed by atoms with van der Waals surface area (Å²) in [6, 6.07) is 7.97. The zero-order valence-corrected chi connectivity index (χ0v) is 16.8. The molecule has 1 aliphatic heterocycles. The fourth-order valence-corrected chi connectivity index (χ4v) is 5.23. The third-order valence-corrected chi connectivity index (χ3v) is 7.27. The number of hydrogen-bond donors (Lipinski definition) is 1. The van der Waals surface area contributed by atoms with E-state index in [4.69, 9.17) is 0 Å². The lowest BCUT2D eigenvalue weighted by molar-refractivity contribution is -0.122. The fraction of sp³-hybridized carbons (Fsp3) is 0.333. The highest BCUT2D eigenvalue weighted by molar-refractivity contribution is 7.89. The minimum atomic E-state index is -3.83. The molecule has 0 unspecified atom stereocenters. The molecule has 0 radical (unpaired) electrons. The largest absolute Gasteiger partial charge is 0.354 e. The Balaban J connectivity index is 1.81. The maximum Gasteiger partial charge on any atom is 0.253 e. The predicted octanol–water partition coefficient (Wildman–Crippen LogP) is 1.45. The summed E-state index contributed by atoms with van der Waals surface area (Å²) in [5.41, 5.74) is 1.42. The van der Waals surface area contributed by atoms with E-state index in [0.29, 0.717) is 12.1 Å². The monoisotopic (exact) mass is 407 g/mol. The van der Waals surface area contributed by atoms with Gasteiger partial charge in [-0.3, -0.25) is 9.59 Å². The van der Waals surface area contributed by atoms with Crippen molar-refractivity contribution >= 4 is 33.2 Å². The van der Waals surface area contributed by atoms with Crippen molar-refractivity contribution in [3.63, 3.8) is 0 Å². The lowest BCUT2D eigenvalue weighted by Crippen LogP contribution is -2.49. The Morgan fingerprint density at radius 2 is 2.11 bits per heavy atom. The van der Waals surface area contributed by atoms with Gasteiger partial charge in [-0.1, -0.05) is 6.07 Å². The summed E-state index contributed by atoms with van der Waals surface area (Å²) >= 11 is 1.58. The van der Waals surface area contributed by atoms with Gasteiger partial charge in [0, 0.05) is 30.6 Å². The van der Waals surface area contributed by atoms with E-state index >= 15 is 0 Å². The molecular weight excluding hydrogens is 386 g/mol. The van der Waals surface area contributed by atoms with Crippen LogP contribution < -0.4 is 5.32 Å². The Kier molecular flexibility index (Phi) is 5.64. The minimum Gasteiger partial charge on any atom is -0.354 e. The molecule has 0 saturated carbocycles. The molecule has 144 valence electrons. The average Bonchev–Trinajstić information content (AvgIpc) is 3.05. The number of thiophene rings is 1. The van der Waals surface area contributed by atoms with Crippen molar-refractivity contribution in [3.8, 4) is 0 Å². The van der Waals surface area contributed by atoms with E-state index in [1.165, 1.54) is 12.1 Å². The Labute approximate surface area is 162 Å². The molecular formula is C18H21N3O4S2. The van der Waals surface area contributed by atoms with E-state index in [9.17, 15) is 18.0 Å². The second-order valence-electron chi connectivity index (χ2n) is 6.40. The van der Waals surface area contributed by atoms with Crippen LogP contribution in [0.15, 0.2) is 40.6 Å². The van der Waals surface area contributed by atoms with Crippen molar-refractivity contribution < 1.29 is 18.0 Å². The Bertz CT molecular complexity index is 968. The Morgan fingerprint density at radius 1 is 1.33 bits per heavy atom. The zero-order chi connectivity index (χ0) is 19.6. The highest BCUT2D eigenvalue weighted by Crippen LogP contribution is 2.21. The van der Waals surface area contributed by atoms with Crippen LogP contribution >= 0.6 is 11.3 Å². The van der Waals surface area contributed by atoms with Crippen LogP contribution in [0.1, 0.15) is 20.8 Å². The average molecular weight is 408 g/mol. The lowest BCUT2D eigenvalue weighted by Gasteiger charge is -2.26. The van der Waals surface area contributed by atoms with Crippen LogP contribution in [0.3, 0.4) is 0 Å². The summed E-state index contributed by atoms with van der Waals surface area (Å²) in [6.45, 7) is 2.74. The van der Waals surface area contributed by atoms with E-state index < -0.39 is 10.0 Å². The van der Waals surface area contributed by atoms with Crippen LogP contribution in [0.4, 0.5) is 0 Å². The number of nitrogens with one attached hydrogen (secondary N) is 1. The molecule has 9 heteroatoms. The third kappa shape index (κ3) is 4.20. The molecule has 0 atom stereocenters. The first-order chi connectivity index (χ1) is 12.8. The molecule has 27 heavy (non-hydrogen) atoms. The van der Waals surface area contributed by atoms with Gasteiger partial charge in [0.15, 0.2) is 0 Å². The topological polar surface area (TPSA) is 86.8 Å². The van der Waals surface area contributed by atoms with Crippen LogP contribution in [-0.2, 0) is 21.4 Å². The number of piperazine rings is 1. The highest BCUT2D eigenvalue weighted by Gasteiger charge is 2.29. The summed E-state index contributed by atoms with van der Waals surface area (Å²) in [4.78, 5) is 26.9. The summed E-state index contributed by atoms with van der Waals surface area (Å²) in [7, 11) is -2.14. The van der Waals surface area contributed by atoms with Crippen molar-refractivity contribution in [2.75, 3.05) is 26.7 Å². The van der Waals surface area contributed by atoms with E-state index in [1.54, 1.807) is 35.4 Å². The number of aryl methyl sites for hydroxylation is 1. The minimum absolute atomic E-state index is 0.0174. The number of hydrogen-bond acceptors (Lipinski definition) is 5. The van der Waals surface area contributed by atoms with Gasteiger partial charge in [0.1, 0.15) is 0 Å². The summed E-state index contributed by atoms with van der Waals surface area (Å²) in [5, 5.41) is 4.58. The summed E-state index contributed by atoms with van der Waals surface area (Å²) in [6.07, 6.45) is 0. The van der Waals surface area contributed by atoms with Gasteiger partial charge in [0.25, 0.3) is 5.91 Å². The highest BCUT2D eigenvalue weighted by atomic mass is 32.2. The molecule has 1 aromatic carbocycles. The van der Waals surface area contributed by atoms with Crippen molar-refractivity contribution in [1.82, 2.24) is 14.5 Å². The van der Waals surface area contributed by atoms with Gasteiger partial charge in [-0.05, 0) is 42.1 Å². The first-order valence-corrected chi connectivity index (χ1v) is 10.8. The second kappa shape index (κ2) is 7.79. The molecule has 1 fully saturated rings. The van der Waals surface area contributed by atoms with Crippen molar-refractivity contribution in [2.45, 2.75) is 18.4 Å². The first kappa shape index (κ1) is 19.5. The standard InChI is InChI=1S/C18H21N3O4S2/c1-13-6-9-26-16(13)11-20(2)18(23)14-4-3-5-15(10-14)27(24,25)21-8-7-19-17(22)12-21/h3-6,9-10H,7-8,11-12H2,1-2H3,(H,19,22). The number of benzene rings is 1. The number of rotatable bonds is 5. The molecule has 2 aromatic rings. The molecule has 7 nitrogen and oxygen atoms in total. The van der Waals surface area contributed by atoms with Gasteiger partial charge in [-0.25, -0.2) is 8.42 Å². The van der Waals surface area contributed by atoms with Crippen molar-refractivity contribution in [3.05, 3.63) is 51.7 Å². The normalized spacial score (nSPS) is 15.4. The second-order valence-corrected chi connectivity index (χ2v) is 9.34. The molecule has 3 rings (SSSR count). The fourth-order valence-electron chi connectivity index (χ4n) is 2.83. The smallest absolute Gasteiger partial charge is 0.253 e. The molecule has 1 N–H and O–H groups in total. The summed E-state index contributed by atoms with van der Waals surface area (Å²) < 4.78 is 26.7. The molecule has 1 aromatic heterocycles. The third-order valence-electron chi connectivity index (χ3n) is 4.42. The van der Waals surface area contributed by atoms with Crippen molar-refractivity contribution in [2.24, 2.45) is 0 Å². The lowest BCUT2D eigenvalue weighted by atomic mass is 10.2. The van der Waals surface area contributed by atoms with Crippen LogP contribution in [0.25, 0.3) is 0 Å². The van der Waals surface area contributed by atoms with Gasteiger partial charge in [0.2, 0.25) is 15.9 Å². The van der Waals surface area contributed by atoms with E-state index in [-0.39, 0.29) is 36.3 Å². The SMILES string of the molecule is Cc1ccsc1CN(C)C(=O)c1cccc(S(=O)(=O)N2CCNC(=O)C2)c1. The van der Waals surface area contributed by atoms with Crippen LogP contribution in [-0.4, -0.2) is 56.1 Å². The van der Waals surface area contributed by atoms with E-state index in [0.717, 1.165) is 14.7 Å². The Morgan fingerprint density at radius 3 is 2.78 bits per heavy atom. The quantitative estimate of drug-likeness (QED) is 0.813. The number of nitrogens with zero attached hydrogens (tertiary/aromatic N) is 2. The van der Waals surface area contributed by atoms with Crippen LogP contribution in [0.5, 0.6) is 0 Å². The molecule has 0 bridgehead atoms. The molecule has 2 heterocycles. The Hall–Kier alpha value is -2.23. The zero-order valence-electron chi connectivity index (χ0n) is 15.1. The predicted molar refractivity (Wildman–Crippen MR) is 103 cm³/mol. The van der Waals surface area contributed by atoms with Crippen LogP contribution in [0, 0.1) is 6.92 Å². The maximum absolute atomic E-state index is 12.8. The van der Waals surface area contributed by atoms with Crippen molar-refractivity contribution in [1.29, 1.82) is 0 Å². The van der Waals surface area contributed by atoms with Gasteiger partial charge >= 0.3 is 0 Å². The van der Waals surface area contributed by atoms with E-state index in [1.807, 2.05) is 18.4 Å². The first-order valence-electron chi connectivity index (χ1n) is 8.44. The van der Waals surface area contributed by atoms with Gasteiger partial charge < -0.3 is 10.2 Å². The van der Waals surface area contributed by atoms with Gasteiger partial charge in [0.05, 0.1) is 18.0 Å². The molecule has 2 amide bonds. The summed E-state index contributed by atoms with van der Waals surface area (Å²) in [5.74, 6) is -0.584. The molecule has 1 aliphatic rings. The number of carbonyl (C=O) groups is 2. The number of sulfonamides is 1. The van der Waals surface area contributed by atoms with Gasteiger partial charge in [-0.2, -0.15) is 4.31 Å². The maximum atomic E-state index is 12.8. The molecule has 0 spiro atoms. The van der Waals surface area contributed by atoms with Gasteiger partial charge in [-0.15, -0.1) is 11.3 Å². The van der Waals surface area contributed by atoms with Crippen LogP contribution in [0.2, 0.25) is 0 Å². The number of amides is 2. The molecule has 1 saturated heterocycles. The molecule has 0 aliphatic carbocycles. The van der Waals surface area contributed by atoms with E-state index in [2.05, 4.69) is 5.32 Å². The number of carbonyl (C=O) groups excluding carboxylic acids is 2.